The monoisotopic (exact) mass is 329 g/mol. The van der Waals surface area contributed by atoms with Crippen LogP contribution in [0.2, 0.25) is 5.02 Å². The first-order chi connectivity index (χ1) is 10.8. The number of anilines is 1. The van der Waals surface area contributed by atoms with Crippen molar-refractivity contribution in [2.24, 2.45) is 5.41 Å². The van der Waals surface area contributed by atoms with E-state index in [4.69, 9.17) is 16.0 Å². The van der Waals surface area contributed by atoms with E-state index in [0.717, 1.165) is 5.56 Å². The molecule has 0 bridgehead atoms. The van der Waals surface area contributed by atoms with Gasteiger partial charge in [-0.15, -0.1) is 0 Å². The number of carbonyl (C=O) groups excluding carboxylic acids is 1. The van der Waals surface area contributed by atoms with Crippen molar-refractivity contribution in [1.29, 1.82) is 0 Å². The molecule has 3 rings (SSSR count). The fraction of sp³-hybridized carbons (Fsp3) is 0.235. The number of halogens is 1. The van der Waals surface area contributed by atoms with Gasteiger partial charge in [0.1, 0.15) is 0 Å². The third kappa shape index (κ3) is 3.19. The van der Waals surface area contributed by atoms with Gasteiger partial charge in [0.05, 0.1) is 10.7 Å². The van der Waals surface area contributed by atoms with Gasteiger partial charge in [-0.1, -0.05) is 32.4 Å². The second kappa shape index (κ2) is 5.66. The van der Waals surface area contributed by atoms with Crippen molar-refractivity contribution in [3.8, 4) is 11.5 Å². The highest BCUT2D eigenvalue weighted by atomic mass is 35.5. The topological polar surface area (TPSA) is 68.0 Å². The Morgan fingerprint density at radius 3 is 2.74 bits per heavy atom. The van der Waals surface area contributed by atoms with Gasteiger partial charge in [-0.3, -0.25) is 4.79 Å². The molecule has 1 amide bonds. The minimum absolute atomic E-state index is 0.115. The maximum Gasteiger partial charge on any atom is 0.229 e. The first-order valence-electron chi connectivity index (χ1n) is 7.17. The summed E-state index contributed by atoms with van der Waals surface area (Å²) < 4.78 is 5.69. The molecule has 0 aliphatic rings. The van der Waals surface area contributed by atoms with Crippen LogP contribution in [0, 0.1) is 5.41 Å². The van der Waals surface area contributed by atoms with Crippen LogP contribution in [-0.2, 0) is 4.79 Å². The average Bonchev–Trinajstić information content (AvgIpc) is 2.92. The molecule has 0 unspecified atom stereocenters. The van der Waals surface area contributed by atoms with Gasteiger partial charge in [0.25, 0.3) is 0 Å². The summed E-state index contributed by atoms with van der Waals surface area (Å²) >= 11 is 6.18. The van der Waals surface area contributed by atoms with Crippen LogP contribution in [0.25, 0.3) is 22.7 Å². The molecule has 0 radical (unpaired) electrons. The Bertz CT molecular complexity index is 848. The van der Waals surface area contributed by atoms with Crippen molar-refractivity contribution in [3.05, 3.63) is 41.6 Å². The summed E-state index contributed by atoms with van der Waals surface area (Å²) in [4.78, 5) is 20.7. The summed E-state index contributed by atoms with van der Waals surface area (Å²) in [5.41, 5.74) is 1.88. The molecule has 23 heavy (non-hydrogen) atoms. The zero-order chi connectivity index (χ0) is 16.6. The number of carbonyl (C=O) groups is 1. The van der Waals surface area contributed by atoms with E-state index in [1.807, 2.05) is 20.8 Å². The van der Waals surface area contributed by atoms with Gasteiger partial charge in [-0.2, -0.15) is 4.98 Å². The van der Waals surface area contributed by atoms with Crippen LogP contribution in [0.15, 0.2) is 40.9 Å². The normalized spacial score (nSPS) is 11.7. The minimum atomic E-state index is -0.513. The van der Waals surface area contributed by atoms with Crippen LogP contribution in [0.5, 0.6) is 0 Å². The third-order valence-electron chi connectivity index (χ3n) is 3.31. The Morgan fingerprint density at radius 1 is 1.26 bits per heavy atom. The molecule has 5 nitrogen and oxygen atoms in total. The van der Waals surface area contributed by atoms with Crippen LogP contribution >= 0.6 is 11.6 Å². The first kappa shape index (κ1) is 15.5. The zero-order valence-corrected chi connectivity index (χ0v) is 13.8. The van der Waals surface area contributed by atoms with Crippen molar-refractivity contribution < 1.29 is 9.21 Å². The highest BCUT2D eigenvalue weighted by Crippen LogP contribution is 2.31. The van der Waals surface area contributed by atoms with Crippen molar-refractivity contribution in [2.75, 3.05) is 5.32 Å². The SMILES string of the molecule is CC(C)(C)C(=O)Nc1cc(-c2nc3ncccc3o2)ccc1Cl. The number of amides is 1. The molecule has 0 atom stereocenters. The number of nitrogens with zero attached hydrogens (tertiary/aromatic N) is 2. The molecular formula is C17H16ClN3O2. The van der Waals surface area contributed by atoms with E-state index in [-0.39, 0.29) is 5.91 Å². The van der Waals surface area contributed by atoms with E-state index in [1.54, 1.807) is 36.5 Å². The predicted molar refractivity (Wildman–Crippen MR) is 90.3 cm³/mol. The number of rotatable bonds is 2. The van der Waals surface area contributed by atoms with Gasteiger partial charge in [0, 0.05) is 17.2 Å². The molecule has 0 spiro atoms. The predicted octanol–water partition coefficient (Wildman–Crippen LogP) is 4.53. The summed E-state index contributed by atoms with van der Waals surface area (Å²) in [5.74, 6) is 0.317. The van der Waals surface area contributed by atoms with Crippen LogP contribution in [-0.4, -0.2) is 15.9 Å². The average molecular weight is 330 g/mol. The molecule has 2 aromatic heterocycles. The molecule has 0 saturated heterocycles. The van der Waals surface area contributed by atoms with E-state index >= 15 is 0 Å². The summed E-state index contributed by atoms with van der Waals surface area (Å²) in [7, 11) is 0. The highest BCUT2D eigenvalue weighted by Gasteiger charge is 2.22. The molecule has 6 heteroatoms. The van der Waals surface area contributed by atoms with E-state index in [9.17, 15) is 4.79 Å². The van der Waals surface area contributed by atoms with Gasteiger partial charge < -0.3 is 9.73 Å². The quantitative estimate of drug-likeness (QED) is 0.750. The number of aromatic nitrogens is 2. The molecule has 1 aromatic carbocycles. The molecule has 1 N–H and O–H groups in total. The fourth-order valence-corrected chi connectivity index (χ4v) is 2.12. The second-order valence-corrected chi connectivity index (χ2v) is 6.65. The first-order valence-corrected chi connectivity index (χ1v) is 7.55. The number of oxazole rings is 1. The molecule has 0 fully saturated rings. The summed E-state index contributed by atoms with van der Waals surface area (Å²) in [6, 6.07) is 8.83. The number of hydrogen-bond donors (Lipinski definition) is 1. The van der Waals surface area contributed by atoms with E-state index in [1.165, 1.54) is 0 Å². The van der Waals surface area contributed by atoms with Crippen LogP contribution < -0.4 is 5.32 Å². The number of fused-ring (bicyclic) bond motifs is 1. The number of nitrogens with one attached hydrogen (secondary N) is 1. The highest BCUT2D eigenvalue weighted by molar-refractivity contribution is 6.33. The molecule has 0 aliphatic heterocycles. The Hall–Kier alpha value is -2.40. The lowest BCUT2D eigenvalue weighted by molar-refractivity contribution is -0.123. The Morgan fingerprint density at radius 2 is 2.04 bits per heavy atom. The molecule has 118 valence electrons. The Balaban J connectivity index is 1.98. The van der Waals surface area contributed by atoms with E-state index in [0.29, 0.717) is 27.8 Å². The lowest BCUT2D eigenvalue weighted by Crippen LogP contribution is -2.27. The number of pyridine rings is 1. The third-order valence-corrected chi connectivity index (χ3v) is 3.64. The maximum absolute atomic E-state index is 12.2. The van der Waals surface area contributed by atoms with Crippen molar-refractivity contribution in [2.45, 2.75) is 20.8 Å². The zero-order valence-electron chi connectivity index (χ0n) is 13.1. The molecule has 0 saturated carbocycles. The van der Waals surface area contributed by atoms with Crippen molar-refractivity contribution in [3.63, 3.8) is 0 Å². The number of hydrogen-bond acceptors (Lipinski definition) is 4. The standard InChI is InChI=1S/C17H16ClN3O2/c1-17(2,3)16(22)20-12-9-10(6-7-11(12)18)15-21-14-13(23-15)5-4-8-19-14/h4-9H,1-3H3,(H,20,22). The van der Waals surface area contributed by atoms with E-state index in [2.05, 4.69) is 15.3 Å². The Kier molecular flexibility index (Phi) is 3.82. The summed E-state index contributed by atoms with van der Waals surface area (Å²) in [5, 5.41) is 3.30. The minimum Gasteiger partial charge on any atom is -0.434 e. The van der Waals surface area contributed by atoms with Gasteiger partial charge in [-0.05, 0) is 30.3 Å². The summed E-state index contributed by atoms with van der Waals surface area (Å²) in [6.07, 6.45) is 1.66. The summed E-state index contributed by atoms with van der Waals surface area (Å²) in [6.45, 7) is 5.52. The van der Waals surface area contributed by atoms with Crippen LogP contribution in [0.3, 0.4) is 0 Å². The smallest absolute Gasteiger partial charge is 0.229 e. The lowest BCUT2D eigenvalue weighted by atomic mass is 9.95. The van der Waals surface area contributed by atoms with Gasteiger partial charge in [0.15, 0.2) is 11.2 Å². The fourth-order valence-electron chi connectivity index (χ4n) is 1.96. The molecule has 2 heterocycles. The molecular weight excluding hydrogens is 314 g/mol. The molecule has 0 aliphatic carbocycles. The molecule has 3 aromatic rings. The van der Waals surface area contributed by atoms with Crippen molar-refractivity contribution >= 4 is 34.4 Å². The second-order valence-electron chi connectivity index (χ2n) is 6.24. The largest absolute Gasteiger partial charge is 0.434 e. The Labute approximate surface area is 138 Å². The van der Waals surface area contributed by atoms with Gasteiger partial charge in [0.2, 0.25) is 11.8 Å². The number of benzene rings is 1. The van der Waals surface area contributed by atoms with Gasteiger partial charge >= 0.3 is 0 Å². The maximum atomic E-state index is 12.2. The van der Waals surface area contributed by atoms with Crippen LogP contribution in [0.4, 0.5) is 5.69 Å². The lowest BCUT2D eigenvalue weighted by Gasteiger charge is -2.18. The van der Waals surface area contributed by atoms with Crippen molar-refractivity contribution in [1.82, 2.24) is 9.97 Å². The van der Waals surface area contributed by atoms with Gasteiger partial charge in [-0.25, -0.2) is 4.98 Å². The van der Waals surface area contributed by atoms with E-state index < -0.39 is 5.41 Å². The van der Waals surface area contributed by atoms with Crippen LogP contribution in [0.1, 0.15) is 20.8 Å².